The summed E-state index contributed by atoms with van der Waals surface area (Å²) in [5.41, 5.74) is 2.83. The molecule has 0 atom stereocenters. The van der Waals surface area contributed by atoms with Gasteiger partial charge in [-0.3, -0.25) is 4.79 Å². The van der Waals surface area contributed by atoms with Crippen molar-refractivity contribution in [3.8, 4) is 17.3 Å². The molecule has 4 rings (SSSR count). The second-order valence-corrected chi connectivity index (χ2v) is 7.45. The minimum atomic E-state index is -0.278. The number of anilines is 1. The lowest BCUT2D eigenvalue weighted by molar-refractivity contribution is 0.102. The predicted molar refractivity (Wildman–Crippen MR) is 115 cm³/mol. The number of nitrogens with zero attached hydrogens (tertiary/aromatic N) is 5. The van der Waals surface area contributed by atoms with E-state index in [9.17, 15) is 4.79 Å². The molecule has 0 spiro atoms. The van der Waals surface area contributed by atoms with Gasteiger partial charge in [0.15, 0.2) is 5.82 Å². The molecule has 2 aromatic carbocycles. The highest BCUT2D eigenvalue weighted by atomic mass is 79.9. The smallest absolute Gasteiger partial charge is 0.257 e. The molecular formula is C21H17BrN6O2. The van der Waals surface area contributed by atoms with E-state index in [0.717, 1.165) is 15.7 Å². The summed E-state index contributed by atoms with van der Waals surface area (Å²) in [6.45, 7) is 3.77. The number of aryl methyl sites for hydroxylation is 2. The predicted octanol–water partition coefficient (Wildman–Crippen LogP) is 4.48. The van der Waals surface area contributed by atoms with E-state index in [0.29, 0.717) is 28.7 Å². The van der Waals surface area contributed by atoms with Gasteiger partial charge in [-0.15, -0.1) is 5.10 Å². The van der Waals surface area contributed by atoms with Crippen LogP contribution in [0.4, 0.5) is 5.69 Å². The van der Waals surface area contributed by atoms with Crippen molar-refractivity contribution in [2.24, 2.45) is 0 Å². The van der Waals surface area contributed by atoms with E-state index in [1.54, 1.807) is 16.8 Å². The summed E-state index contributed by atoms with van der Waals surface area (Å²) >= 11 is 3.40. The zero-order valence-corrected chi connectivity index (χ0v) is 17.8. The number of hydrogen-bond donors (Lipinski definition) is 1. The van der Waals surface area contributed by atoms with Crippen molar-refractivity contribution >= 4 is 27.5 Å². The summed E-state index contributed by atoms with van der Waals surface area (Å²) in [6.07, 6.45) is 1.48. The number of halogens is 1. The van der Waals surface area contributed by atoms with Gasteiger partial charge in [-0.2, -0.15) is 4.68 Å². The number of amides is 1. The number of carbonyl (C=O) groups excluding carboxylic acids is 1. The Kier molecular flexibility index (Phi) is 5.53. The van der Waals surface area contributed by atoms with E-state index in [-0.39, 0.29) is 5.91 Å². The Balaban J connectivity index is 1.48. The molecular weight excluding hydrogens is 448 g/mol. The summed E-state index contributed by atoms with van der Waals surface area (Å²) in [7, 11) is 0. The maximum atomic E-state index is 12.6. The van der Waals surface area contributed by atoms with Crippen LogP contribution in [0.5, 0.6) is 11.6 Å². The second kappa shape index (κ2) is 8.42. The van der Waals surface area contributed by atoms with Crippen molar-refractivity contribution in [1.82, 2.24) is 25.2 Å². The fraction of sp³-hybridized carbons (Fsp3) is 0.0952. The SMILES string of the molecule is Cc1ccc(NC(=O)c2ccc(Oc3cccc(Br)c3)nc2)cc1-n1nnnc1C. The quantitative estimate of drug-likeness (QED) is 0.467. The van der Waals surface area contributed by atoms with Gasteiger partial charge in [0.2, 0.25) is 5.88 Å². The fourth-order valence-corrected chi connectivity index (χ4v) is 3.18. The van der Waals surface area contributed by atoms with E-state index in [1.807, 2.05) is 56.3 Å². The number of hydrogen-bond acceptors (Lipinski definition) is 6. The summed E-state index contributed by atoms with van der Waals surface area (Å²) in [4.78, 5) is 16.9. The molecule has 0 fully saturated rings. The van der Waals surface area contributed by atoms with Gasteiger partial charge in [0.05, 0.1) is 11.3 Å². The Morgan fingerprint density at radius 3 is 2.67 bits per heavy atom. The minimum Gasteiger partial charge on any atom is -0.439 e. The third-order valence-electron chi connectivity index (χ3n) is 4.34. The van der Waals surface area contributed by atoms with E-state index in [1.165, 1.54) is 6.20 Å². The molecule has 0 aliphatic heterocycles. The van der Waals surface area contributed by atoms with Crippen molar-refractivity contribution in [2.75, 3.05) is 5.32 Å². The Morgan fingerprint density at radius 2 is 1.97 bits per heavy atom. The first kappa shape index (κ1) is 19.7. The lowest BCUT2D eigenvalue weighted by Crippen LogP contribution is -2.13. The molecule has 1 amide bonds. The maximum Gasteiger partial charge on any atom is 0.257 e. The molecule has 0 saturated carbocycles. The van der Waals surface area contributed by atoms with Crippen LogP contribution < -0.4 is 10.1 Å². The normalized spacial score (nSPS) is 10.6. The van der Waals surface area contributed by atoms with Gasteiger partial charge < -0.3 is 10.1 Å². The van der Waals surface area contributed by atoms with E-state index in [2.05, 4.69) is 41.8 Å². The summed E-state index contributed by atoms with van der Waals surface area (Å²) in [5.74, 6) is 1.43. The van der Waals surface area contributed by atoms with Crippen molar-refractivity contribution in [3.05, 3.63) is 82.2 Å². The molecule has 0 radical (unpaired) electrons. The first-order valence-electron chi connectivity index (χ1n) is 9.06. The van der Waals surface area contributed by atoms with E-state index >= 15 is 0 Å². The van der Waals surface area contributed by atoms with Crippen LogP contribution in [-0.4, -0.2) is 31.1 Å². The van der Waals surface area contributed by atoms with Crippen LogP contribution in [0.15, 0.2) is 65.3 Å². The fourth-order valence-electron chi connectivity index (χ4n) is 2.80. The first-order valence-corrected chi connectivity index (χ1v) is 9.86. The average molecular weight is 465 g/mol. The van der Waals surface area contributed by atoms with Gasteiger partial charge in [0.1, 0.15) is 5.75 Å². The number of aromatic nitrogens is 5. The highest BCUT2D eigenvalue weighted by Crippen LogP contribution is 2.23. The molecule has 1 N–H and O–H groups in total. The summed E-state index contributed by atoms with van der Waals surface area (Å²) in [5, 5.41) is 14.4. The molecule has 30 heavy (non-hydrogen) atoms. The number of nitrogens with one attached hydrogen (secondary N) is 1. The van der Waals surface area contributed by atoms with Crippen LogP contribution in [0.2, 0.25) is 0 Å². The lowest BCUT2D eigenvalue weighted by Gasteiger charge is -2.11. The highest BCUT2D eigenvalue weighted by Gasteiger charge is 2.11. The summed E-state index contributed by atoms with van der Waals surface area (Å²) in [6, 6.07) is 16.3. The van der Waals surface area contributed by atoms with Gasteiger partial charge in [0.25, 0.3) is 5.91 Å². The van der Waals surface area contributed by atoms with Crippen LogP contribution in [0, 0.1) is 13.8 Å². The zero-order valence-electron chi connectivity index (χ0n) is 16.2. The Labute approximate surface area is 181 Å². The highest BCUT2D eigenvalue weighted by molar-refractivity contribution is 9.10. The van der Waals surface area contributed by atoms with E-state index in [4.69, 9.17) is 4.74 Å². The van der Waals surface area contributed by atoms with Crippen molar-refractivity contribution in [3.63, 3.8) is 0 Å². The molecule has 0 aliphatic carbocycles. The number of tetrazole rings is 1. The number of benzene rings is 2. The number of rotatable bonds is 5. The standard InChI is InChI=1S/C21H17BrN6O2/c1-13-6-8-17(11-19(13)28-14(2)25-26-27-28)24-21(29)15-7-9-20(23-12-15)30-18-5-3-4-16(22)10-18/h3-12H,1-2H3,(H,24,29). The first-order chi connectivity index (χ1) is 14.5. The van der Waals surface area contributed by atoms with Gasteiger partial charge in [-0.25, -0.2) is 4.98 Å². The third-order valence-corrected chi connectivity index (χ3v) is 4.83. The topological polar surface area (TPSA) is 94.8 Å². The van der Waals surface area contributed by atoms with Crippen LogP contribution in [0.1, 0.15) is 21.7 Å². The molecule has 2 aromatic heterocycles. The molecule has 2 heterocycles. The summed E-state index contributed by atoms with van der Waals surface area (Å²) < 4.78 is 8.23. The minimum absolute atomic E-state index is 0.278. The van der Waals surface area contributed by atoms with Gasteiger partial charge >= 0.3 is 0 Å². The monoisotopic (exact) mass is 464 g/mol. The Bertz CT molecular complexity index is 1210. The molecule has 0 bridgehead atoms. The number of ether oxygens (including phenoxy) is 1. The van der Waals surface area contributed by atoms with Crippen LogP contribution in [0.25, 0.3) is 5.69 Å². The molecule has 0 saturated heterocycles. The third kappa shape index (κ3) is 4.36. The molecule has 8 nitrogen and oxygen atoms in total. The Hall–Kier alpha value is -3.59. The van der Waals surface area contributed by atoms with Crippen molar-refractivity contribution in [1.29, 1.82) is 0 Å². The van der Waals surface area contributed by atoms with Crippen molar-refractivity contribution < 1.29 is 9.53 Å². The molecule has 0 aliphatic rings. The largest absolute Gasteiger partial charge is 0.439 e. The molecule has 9 heteroatoms. The molecule has 0 unspecified atom stereocenters. The maximum absolute atomic E-state index is 12.6. The van der Waals surface area contributed by atoms with Crippen LogP contribution in [-0.2, 0) is 0 Å². The van der Waals surface area contributed by atoms with Crippen molar-refractivity contribution in [2.45, 2.75) is 13.8 Å². The van der Waals surface area contributed by atoms with Crippen LogP contribution in [0.3, 0.4) is 0 Å². The number of pyridine rings is 1. The molecule has 4 aromatic rings. The number of carbonyl (C=O) groups is 1. The zero-order chi connectivity index (χ0) is 21.1. The van der Waals surface area contributed by atoms with Gasteiger partial charge in [-0.05, 0) is 66.2 Å². The lowest BCUT2D eigenvalue weighted by atomic mass is 10.1. The van der Waals surface area contributed by atoms with Gasteiger partial charge in [-0.1, -0.05) is 28.1 Å². The second-order valence-electron chi connectivity index (χ2n) is 6.54. The van der Waals surface area contributed by atoms with Crippen LogP contribution >= 0.6 is 15.9 Å². The van der Waals surface area contributed by atoms with E-state index < -0.39 is 0 Å². The molecule has 150 valence electrons. The Morgan fingerprint density at radius 1 is 1.10 bits per heavy atom. The average Bonchev–Trinajstić information content (AvgIpc) is 3.15. The van der Waals surface area contributed by atoms with Gasteiger partial charge in [0, 0.05) is 22.4 Å².